The predicted octanol–water partition coefficient (Wildman–Crippen LogP) is 5.86. The van der Waals surface area contributed by atoms with Gasteiger partial charge in [-0.1, -0.05) is 0 Å². The highest BCUT2D eigenvalue weighted by Crippen LogP contribution is 2.33. The number of aromatic nitrogens is 2. The maximum atomic E-state index is 13.8. The number of hydrazone groups is 1. The van der Waals surface area contributed by atoms with Gasteiger partial charge >= 0.3 is 12.5 Å². The minimum atomic E-state index is -4.93. The Balaban J connectivity index is 1.70. The summed E-state index contributed by atoms with van der Waals surface area (Å²) in [5.41, 5.74) is 0.891. The van der Waals surface area contributed by atoms with Crippen molar-refractivity contribution in [1.82, 2.24) is 9.97 Å². The van der Waals surface area contributed by atoms with Crippen LogP contribution in [0.3, 0.4) is 0 Å². The molecule has 1 heterocycles. The van der Waals surface area contributed by atoms with Crippen molar-refractivity contribution in [2.45, 2.75) is 12.5 Å². The van der Waals surface area contributed by atoms with Crippen LogP contribution in [0.4, 0.5) is 52.6 Å². The van der Waals surface area contributed by atoms with Crippen LogP contribution in [-0.4, -0.2) is 22.5 Å². The van der Waals surface area contributed by atoms with Gasteiger partial charge in [0.15, 0.2) is 0 Å². The van der Waals surface area contributed by atoms with Crippen LogP contribution in [0.15, 0.2) is 53.6 Å². The molecule has 1 aromatic heterocycles. The molecule has 0 aliphatic heterocycles. The van der Waals surface area contributed by atoms with Gasteiger partial charge in [0.2, 0.25) is 11.9 Å². The highest BCUT2D eigenvalue weighted by molar-refractivity contribution is 5.80. The predicted molar refractivity (Wildman–Crippen MR) is 101 cm³/mol. The van der Waals surface area contributed by atoms with Crippen LogP contribution >= 0.6 is 0 Å². The largest absolute Gasteiger partial charge is 0.573 e. The number of nitrogens with one attached hydrogen (secondary N) is 2. The number of halogens is 8. The van der Waals surface area contributed by atoms with E-state index in [4.69, 9.17) is 0 Å². The van der Waals surface area contributed by atoms with Crippen LogP contribution in [0.2, 0.25) is 0 Å². The van der Waals surface area contributed by atoms with Gasteiger partial charge in [0.1, 0.15) is 17.4 Å². The molecule has 14 heteroatoms. The molecule has 0 bridgehead atoms. The van der Waals surface area contributed by atoms with E-state index in [1.807, 2.05) is 0 Å². The highest BCUT2D eigenvalue weighted by Gasteiger charge is 2.34. The average molecular weight is 477 g/mol. The second-order valence-electron chi connectivity index (χ2n) is 6.20. The van der Waals surface area contributed by atoms with Crippen molar-refractivity contribution in [2.24, 2.45) is 5.10 Å². The summed E-state index contributed by atoms with van der Waals surface area (Å²) in [6, 6.07) is 7.49. The number of rotatable bonds is 6. The molecule has 0 aliphatic carbocycles. The van der Waals surface area contributed by atoms with Crippen LogP contribution in [0.1, 0.15) is 11.1 Å². The first-order valence-electron chi connectivity index (χ1n) is 8.72. The summed E-state index contributed by atoms with van der Waals surface area (Å²) >= 11 is 0. The molecule has 0 aliphatic rings. The van der Waals surface area contributed by atoms with Crippen molar-refractivity contribution in [3.8, 4) is 5.75 Å². The highest BCUT2D eigenvalue weighted by atomic mass is 19.4. The van der Waals surface area contributed by atoms with Crippen LogP contribution in [0, 0.1) is 11.8 Å². The molecule has 0 radical (unpaired) electrons. The molecule has 174 valence electrons. The molecule has 3 aromatic rings. The molecule has 2 aromatic carbocycles. The monoisotopic (exact) mass is 477 g/mol. The second-order valence-corrected chi connectivity index (χ2v) is 6.20. The quantitative estimate of drug-likeness (QED) is 0.201. The zero-order chi connectivity index (χ0) is 24.2. The van der Waals surface area contributed by atoms with Crippen molar-refractivity contribution in [1.29, 1.82) is 0 Å². The maximum Gasteiger partial charge on any atom is 0.573 e. The van der Waals surface area contributed by atoms with E-state index in [1.165, 1.54) is 12.1 Å². The maximum absolute atomic E-state index is 13.8. The Morgan fingerprint density at radius 3 is 2.21 bits per heavy atom. The fraction of sp³-hybridized carbons (Fsp3) is 0.105. The van der Waals surface area contributed by atoms with Crippen LogP contribution in [0.25, 0.3) is 0 Å². The Morgan fingerprint density at radius 1 is 0.879 bits per heavy atom. The number of hydrogen-bond donors (Lipinski definition) is 2. The van der Waals surface area contributed by atoms with Crippen molar-refractivity contribution >= 4 is 23.7 Å². The van der Waals surface area contributed by atoms with Crippen LogP contribution < -0.4 is 15.5 Å². The SMILES string of the molecule is Fc1cc(Nc2ccc(F)c(C(F)(F)F)c2)nc(NN=Cc2ccc(OC(F)(F)F)cc2)n1. The molecule has 0 atom stereocenters. The van der Waals surface area contributed by atoms with E-state index in [2.05, 4.69) is 30.5 Å². The Bertz CT molecular complexity index is 1150. The fourth-order valence-electron chi connectivity index (χ4n) is 2.42. The molecule has 2 N–H and O–H groups in total. The fourth-order valence-corrected chi connectivity index (χ4v) is 2.42. The molecule has 0 unspecified atom stereocenters. The summed E-state index contributed by atoms with van der Waals surface area (Å²) in [5, 5.41) is 6.11. The van der Waals surface area contributed by atoms with E-state index in [0.717, 1.165) is 30.5 Å². The van der Waals surface area contributed by atoms with Crippen LogP contribution in [-0.2, 0) is 6.18 Å². The lowest BCUT2D eigenvalue weighted by molar-refractivity contribution is -0.274. The summed E-state index contributed by atoms with van der Waals surface area (Å²) < 4.78 is 106. The van der Waals surface area contributed by atoms with E-state index in [0.29, 0.717) is 17.7 Å². The van der Waals surface area contributed by atoms with E-state index in [-0.39, 0.29) is 17.5 Å². The first-order valence-corrected chi connectivity index (χ1v) is 8.72. The Hall–Kier alpha value is -3.97. The van der Waals surface area contributed by atoms with Crippen molar-refractivity contribution < 1.29 is 39.9 Å². The minimum Gasteiger partial charge on any atom is -0.406 e. The summed E-state index contributed by atoms with van der Waals surface area (Å²) in [4.78, 5) is 7.23. The summed E-state index contributed by atoms with van der Waals surface area (Å²) in [6.45, 7) is 0. The van der Waals surface area contributed by atoms with Gasteiger partial charge in [-0.25, -0.2) is 9.82 Å². The van der Waals surface area contributed by atoms with Gasteiger partial charge in [-0.05, 0) is 48.0 Å². The number of benzene rings is 2. The zero-order valence-electron chi connectivity index (χ0n) is 16.0. The molecular weight excluding hydrogens is 466 g/mol. The summed E-state index contributed by atoms with van der Waals surface area (Å²) in [6.07, 6.45) is -8.61. The van der Waals surface area contributed by atoms with Gasteiger partial charge in [-0.15, -0.1) is 13.2 Å². The standard InChI is InChI=1S/C19H11F8N5O/c20-14-6-3-11(7-13(14)18(22,23)24)29-16-8-15(21)30-17(31-16)32-28-9-10-1-4-12(5-2-10)33-19(25,26)27/h1-9H,(H2,29,30,31,32). The molecule has 6 nitrogen and oxygen atoms in total. The summed E-state index contributed by atoms with van der Waals surface area (Å²) in [7, 11) is 0. The third kappa shape index (κ3) is 7.02. The van der Waals surface area contributed by atoms with Gasteiger partial charge in [0, 0.05) is 11.8 Å². The van der Waals surface area contributed by atoms with Gasteiger partial charge in [0.05, 0.1) is 11.8 Å². The number of alkyl halides is 6. The van der Waals surface area contributed by atoms with Crippen molar-refractivity contribution in [3.63, 3.8) is 0 Å². The second kappa shape index (κ2) is 9.26. The third-order valence-corrected chi connectivity index (χ3v) is 3.73. The first-order chi connectivity index (χ1) is 15.4. The Morgan fingerprint density at radius 2 is 1.58 bits per heavy atom. The van der Waals surface area contributed by atoms with Gasteiger partial charge in [-0.3, -0.25) is 0 Å². The number of hydrogen-bond acceptors (Lipinski definition) is 6. The first kappa shape index (κ1) is 23.7. The average Bonchev–Trinajstić information content (AvgIpc) is 2.68. The van der Waals surface area contributed by atoms with E-state index >= 15 is 0 Å². The smallest absolute Gasteiger partial charge is 0.406 e. The van der Waals surface area contributed by atoms with Crippen LogP contribution in [0.5, 0.6) is 5.75 Å². The topological polar surface area (TPSA) is 71.4 Å². The molecule has 0 saturated carbocycles. The zero-order valence-corrected chi connectivity index (χ0v) is 16.0. The Labute approximate surface area is 179 Å². The molecule has 0 amide bonds. The molecule has 0 saturated heterocycles. The lowest BCUT2D eigenvalue weighted by atomic mass is 10.2. The van der Waals surface area contributed by atoms with Gasteiger partial charge < -0.3 is 10.1 Å². The molecular formula is C19H11F8N5O. The molecule has 0 fully saturated rings. The lowest BCUT2D eigenvalue weighted by Crippen LogP contribution is -2.17. The number of nitrogens with zero attached hydrogens (tertiary/aromatic N) is 3. The normalized spacial score (nSPS) is 12.1. The van der Waals surface area contributed by atoms with E-state index in [9.17, 15) is 35.1 Å². The molecule has 0 spiro atoms. The lowest BCUT2D eigenvalue weighted by Gasteiger charge is -2.11. The van der Waals surface area contributed by atoms with Gasteiger partial charge in [-0.2, -0.15) is 32.6 Å². The molecule has 33 heavy (non-hydrogen) atoms. The number of ether oxygens (including phenoxy) is 1. The summed E-state index contributed by atoms with van der Waals surface area (Å²) in [5.74, 6) is -3.61. The van der Waals surface area contributed by atoms with E-state index < -0.39 is 35.6 Å². The van der Waals surface area contributed by atoms with E-state index in [1.54, 1.807) is 0 Å². The Kier molecular flexibility index (Phi) is 6.65. The van der Waals surface area contributed by atoms with Crippen molar-refractivity contribution in [3.05, 3.63) is 71.4 Å². The van der Waals surface area contributed by atoms with Crippen molar-refractivity contribution in [2.75, 3.05) is 10.7 Å². The minimum absolute atomic E-state index is 0.211. The number of anilines is 3. The third-order valence-electron chi connectivity index (χ3n) is 3.73. The molecule has 3 rings (SSSR count). The van der Waals surface area contributed by atoms with Gasteiger partial charge in [0.25, 0.3) is 0 Å².